The fourth-order valence-corrected chi connectivity index (χ4v) is 4.26. The Hall–Kier alpha value is -2.54. The lowest BCUT2D eigenvalue weighted by Gasteiger charge is -2.16. The summed E-state index contributed by atoms with van der Waals surface area (Å²) in [5.41, 5.74) is 2.49. The van der Waals surface area contributed by atoms with E-state index in [1.807, 2.05) is 35.5 Å². The van der Waals surface area contributed by atoms with Crippen molar-refractivity contribution in [3.8, 4) is 11.1 Å². The first-order chi connectivity index (χ1) is 13.5. The zero-order valence-electron chi connectivity index (χ0n) is 15.1. The molecule has 0 bridgehead atoms. The van der Waals surface area contributed by atoms with Gasteiger partial charge in [-0.05, 0) is 42.4 Å². The van der Waals surface area contributed by atoms with Gasteiger partial charge in [0, 0.05) is 22.5 Å². The number of nitrogens with one attached hydrogen (secondary N) is 1. The van der Waals surface area contributed by atoms with Gasteiger partial charge in [-0.25, -0.2) is 9.37 Å². The monoisotopic (exact) mass is 413 g/mol. The van der Waals surface area contributed by atoms with Crippen molar-refractivity contribution in [3.05, 3.63) is 86.5 Å². The minimum atomic E-state index is -0.257. The number of halogens is 2. The van der Waals surface area contributed by atoms with Gasteiger partial charge in [0.05, 0.1) is 11.9 Å². The van der Waals surface area contributed by atoms with Gasteiger partial charge < -0.3 is 4.98 Å². The zero-order valence-corrected chi connectivity index (χ0v) is 16.6. The molecular weight excluding hydrogens is 397 g/mol. The molecule has 0 fully saturated rings. The Bertz CT molecular complexity index is 1190. The Morgan fingerprint density at radius 3 is 2.71 bits per heavy atom. The van der Waals surface area contributed by atoms with Gasteiger partial charge in [-0.15, -0.1) is 11.3 Å². The Labute approximate surface area is 170 Å². The number of hydrogen-bond acceptors (Lipinski definition) is 4. The average molecular weight is 414 g/mol. The lowest BCUT2D eigenvalue weighted by atomic mass is 10.1. The average Bonchev–Trinajstić information content (AvgIpc) is 3.06. The standard InChI is InChI=1S/C21H17ClFN3OS/c1-26(10-13-3-2-4-16(23)9-13)11-18-24-20(27)19-17(12-28-21(19)25-18)14-5-7-15(22)8-6-14/h2-9,12H,10-11H2,1H3,(H,24,25,27). The van der Waals surface area contributed by atoms with E-state index in [0.29, 0.717) is 34.2 Å². The third kappa shape index (κ3) is 3.99. The van der Waals surface area contributed by atoms with E-state index in [1.165, 1.54) is 23.5 Å². The third-order valence-corrected chi connectivity index (χ3v) is 5.53. The number of aromatic amines is 1. The summed E-state index contributed by atoms with van der Waals surface area (Å²) in [6.45, 7) is 1.01. The van der Waals surface area contributed by atoms with Crippen LogP contribution in [0.4, 0.5) is 4.39 Å². The van der Waals surface area contributed by atoms with Gasteiger partial charge in [0.15, 0.2) is 0 Å². The van der Waals surface area contributed by atoms with E-state index in [1.54, 1.807) is 18.2 Å². The second-order valence-electron chi connectivity index (χ2n) is 6.65. The zero-order chi connectivity index (χ0) is 19.7. The second kappa shape index (κ2) is 7.83. The van der Waals surface area contributed by atoms with Gasteiger partial charge in [0.1, 0.15) is 16.5 Å². The highest BCUT2D eigenvalue weighted by Crippen LogP contribution is 2.31. The summed E-state index contributed by atoms with van der Waals surface area (Å²) in [6.07, 6.45) is 0. The smallest absolute Gasteiger partial charge is 0.260 e. The van der Waals surface area contributed by atoms with Crippen LogP contribution >= 0.6 is 22.9 Å². The molecule has 0 amide bonds. The summed E-state index contributed by atoms with van der Waals surface area (Å²) >= 11 is 7.40. The molecule has 28 heavy (non-hydrogen) atoms. The number of aromatic nitrogens is 2. The maximum Gasteiger partial charge on any atom is 0.260 e. The van der Waals surface area contributed by atoms with Crippen LogP contribution in [0, 0.1) is 5.82 Å². The first-order valence-corrected chi connectivity index (χ1v) is 9.94. The quantitative estimate of drug-likeness (QED) is 0.496. The van der Waals surface area contributed by atoms with Crippen molar-refractivity contribution in [1.82, 2.24) is 14.9 Å². The number of nitrogens with zero attached hydrogens (tertiary/aromatic N) is 2. The molecule has 0 atom stereocenters. The summed E-state index contributed by atoms with van der Waals surface area (Å²) in [5, 5.41) is 3.18. The molecule has 2 heterocycles. The van der Waals surface area contributed by atoms with Crippen molar-refractivity contribution in [1.29, 1.82) is 0 Å². The van der Waals surface area contributed by atoms with Gasteiger partial charge in [0.2, 0.25) is 0 Å². The minimum Gasteiger partial charge on any atom is -0.309 e. The van der Waals surface area contributed by atoms with Crippen LogP contribution in [0.15, 0.2) is 58.7 Å². The molecule has 0 aliphatic rings. The molecule has 7 heteroatoms. The normalized spacial score (nSPS) is 11.4. The predicted molar refractivity (Wildman–Crippen MR) is 112 cm³/mol. The van der Waals surface area contributed by atoms with E-state index in [0.717, 1.165) is 16.7 Å². The van der Waals surface area contributed by atoms with Crippen molar-refractivity contribution >= 4 is 33.2 Å². The first kappa shape index (κ1) is 18.8. The number of hydrogen-bond donors (Lipinski definition) is 1. The maximum atomic E-state index is 13.4. The largest absolute Gasteiger partial charge is 0.309 e. The maximum absolute atomic E-state index is 13.4. The molecule has 2 aromatic heterocycles. The molecule has 0 aliphatic carbocycles. The molecule has 0 radical (unpaired) electrons. The van der Waals surface area contributed by atoms with Crippen molar-refractivity contribution in [3.63, 3.8) is 0 Å². The number of rotatable bonds is 5. The number of benzene rings is 2. The van der Waals surface area contributed by atoms with Crippen LogP contribution in [0.1, 0.15) is 11.4 Å². The van der Waals surface area contributed by atoms with Gasteiger partial charge in [-0.2, -0.15) is 0 Å². The van der Waals surface area contributed by atoms with E-state index in [2.05, 4.69) is 9.97 Å². The Balaban J connectivity index is 1.59. The van der Waals surface area contributed by atoms with Crippen LogP contribution in [-0.2, 0) is 13.1 Å². The molecule has 0 saturated heterocycles. The highest BCUT2D eigenvalue weighted by molar-refractivity contribution is 7.17. The molecule has 0 unspecified atom stereocenters. The Morgan fingerprint density at radius 2 is 1.96 bits per heavy atom. The first-order valence-electron chi connectivity index (χ1n) is 8.69. The van der Waals surface area contributed by atoms with Crippen LogP contribution in [0.3, 0.4) is 0 Å². The lowest BCUT2D eigenvalue weighted by molar-refractivity contribution is 0.310. The predicted octanol–water partition coefficient (Wildman–Crippen LogP) is 5.08. The molecule has 0 saturated carbocycles. The fraction of sp³-hybridized carbons (Fsp3) is 0.143. The molecule has 1 N–H and O–H groups in total. The van der Waals surface area contributed by atoms with Crippen LogP contribution in [-0.4, -0.2) is 21.9 Å². The van der Waals surface area contributed by atoms with Crippen LogP contribution in [0.5, 0.6) is 0 Å². The summed E-state index contributed by atoms with van der Waals surface area (Å²) < 4.78 is 13.4. The summed E-state index contributed by atoms with van der Waals surface area (Å²) in [6, 6.07) is 13.9. The van der Waals surface area contributed by atoms with Crippen LogP contribution in [0.2, 0.25) is 5.02 Å². The SMILES string of the molecule is CN(Cc1cccc(F)c1)Cc1nc2scc(-c3ccc(Cl)cc3)c2c(=O)[nH]1. The summed E-state index contributed by atoms with van der Waals surface area (Å²) in [7, 11) is 1.91. The van der Waals surface area contributed by atoms with Crippen molar-refractivity contribution in [2.75, 3.05) is 7.05 Å². The Morgan fingerprint density at radius 1 is 1.18 bits per heavy atom. The van der Waals surface area contributed by atoms with Crippen LogP contribution in [0.25, 0.3) is 21.3 Å². The Kier molecular flexibility index (Phi) is 5.26. The third-order valence-electron chi connectivity index (χ3n) is 4.41. The fourth-order valence-electron chi connectivity index (χ4n) is 3.17. The number of fused-ring (bicyclic) bond motifs is 1. The summed E-state index contributed by atoms with van der Waals surface area (Å²) in [4.78, 5) is 22.9. The molecular formula is C21H17ClFN3OS. The van der Waals surface area contributed by atoms with E-state index < -0.39 is 0 Å². The van der Waals surface area contributed by atoms with E-state index in [-0.39, 0.29) is 11.4 Å². The molecule has 142 valence electrons. The van der Waals surface area contributed by atoms with Gasteiger partial charge in [0.25, 0.3) is 5.56 Å². The topological polar surface area (TPSA) is 49.0 Å². The van der Waals surface area contributed by atoms with Crippen LogP contribution < -0.4 is 5.56 Å². The van der Waals surface area contributed by atoms with Crippen molar-refractivity contribution in [2.45, 2.75) is 13.1 Å². The highest BCUT2D eigenvalue weighted by atomic mass is 35.5. The number of thiophene rings is 1. The van der Waals surface area contributed by atoms with Crippen molar-refractivity contribution < 1.29 is 4.39 Å². The van der Waals surface area contributed by atoms with Gasteiger partial charge in [-0.1, -0.05) is 35.9 Å². The minimum absolute atomic E-state index is 0.162. The van der Waals surface area contributed by atoms with E-state index >= 15 is 0 Å². The molecule has 4 nitrogen and oxygen atoms in total. The van der Waals surface area contributed by atoms with E-state index in [9.17, 15) is 9.18 Å². The van der Waals surface area contributed by atoms with Gasteiger partial charge in [-0.3, -0.25) is 9.69 Å². The molecule has 0 aliphatic heterocycles. The van der Waals surface area contributed by atoms with Crippen molar-refractivity contribution in [2.24, 2.45) is 0 Å². The molecule has 2 aromatic carbocycles. The molecule has 4 rings (SSSR count). The molecule has 4 aromatic rings. The highest BCUT2D eigenvalue weighted by Gasteiger charge is 2.14. The number of H-pyrrole nitrogens is 1. The molecule has 0 spiro atoms. The summed E-state index contributed by atoms with van der Waals surface area (Å²) in [5.74, 6) is 0.327. The second-order valence-corrected chi connectivity index (χ2v) is 7.95. The van der Waals surface area contributed by atoms with E-state index in [4.69, 9.17) is 11.6 Å². The lowest BCUT2D eigenvalue weighted by Crippen LogP contribution is -2.21. The van der Waals surface area contributed by atoms with Gasteiger partial charge >= 0.3 is 0 Å².